The third kappa shape index (κ3) is 4.13. The molecule has 0 aliphatic heterocycles. The lowest BCUT2D eigenvalue weighted by Gasteiger charge is -2.13. The maximum Gasteiger partial charge on any atom is 0.0955 e. The van der Waals surface area contributed by atoms with Gasteiger partial charge in [0.25, 0.3) is 0 Å². The molecule has 0 spiro atoms. The lowest BCUT2D eigenvalue weighted by atomic mass is 9.98. The standard InChI is InChI=1S/C8H16ClO/c1-3-7(2)8(10)5-4-6-9/h7-8H,3-6H2,1-2H3. The first-order chi connectivity index (χ1) is 4.72. The predicted octanol–water partition coefficient (Wildman–Crippen LogP) is 2.85. The zero-order valence-corrected chi connectivity index (χ0v) is 7.53. The van der Waals surface area contributed by atoms with Gasteiger partial charge in [-0.15, -0.1) is 11.6 Å². The van der Waals surface area contributed by atoms with Crippen LogP contribution in [0.5, 0.6) is 0 Å². The molecule has 1 radical (unpaired) electrons. The molecule has 61 valence electrons. The van der Waals surface area contributed by atoms with Gasteiger partial charge in [0.2, 0.25) is 0 Å². The SMILES string of the molecule is CCC(C)C([O])CCCCl. The van der Waals surface area contributed by atoms with Gasteiger partial charge in [0.1, 0.15) is 0 Å². The first-order valence-electron chi connectivity index (χ1n) is 3.94. The highest BCUT2D eigenvalue weighted by Crippen LogP contribution is 2.13. The van der Waals surface area contributed by atoms with E-state index in [1.54, 1.807) is 0 Å². The van der Waals surface area contributed by atoms with Gasteiger partial charge in [0, 0.05) is 5.88 Å². The fourth-order valence-electron chi connectivity index (χ4n) is 0.826. The van der Waals surface area contributed by atoms with Gasteiger partial charge in [-0.3, -0.25) is 0 Å². The van der Waals surface area contributed by atoms with Crippen molar-refractivity contribution in [2.24, 2.45) is 5.92 Å². The number of rotatable bonds is 5. The topological polar surface area (TPSA) is 19.9 Å². The molecule has 2 unspecified atom stereocenters. The summed E-state index contributed by atoms with van der Waals surface area (Å²) in [7, 11) is 0. The molecular weight excluding hydrogens is 148 g/mol. The molecule has 0 saturated heterocycles. The molecule has 0 amide bonds. The smallest absolute Gasteiger partial charge is 0.0955 e. The molecule has 0 heterocycles. The first-order valence-corrected chi connectivity index (χ1v) is 4.47. The van der Waals surface area contributed by atoms with Gasteiger partial charge in [-0.05, 0) is 18.8 Å². The van der Waals surface area contributed by atoms with Crippen LogP contribution in [0.3, 0.4) is 0 Å². The summed E-state index contributed by atoms with van der Waals surface area (Å²) in [5.74, 6) is 0.929. The van der Waals surface area contributed by atoms with Gasteiger partial charge in [-0.2, -0.15) is 0 Å². The molecule has 2 atom stereocenters. The normalized spacial score (nSPS) is 16.8. The summed E-state index contributed by atoms with van der Waals surface area (Å²) >= 11 is 5.45. The van der Waals surface area contributed by atoms with Crippen molar-refractivity contribution in [1.29, 1.82) is 0 Å². The van der Waals surface area contributed by atoms with Crippen molar-refractivity contribution in [2.75, 3.05) is 5.88 Å². The summed E-state index contributed by atoms with van der Waals surface area (Å²) in [5.41, 5.74) is 0. The fourth-order valence-corrected chi connectivity index (χ4v) is 0.980. The first kappa shape index (κ1) is 10.2. The van der Waals surface area contributed by atoms with Crippen LogP contribution in [0.25, 0.3) is 0 Å². The molecule has 0 bridgehead atoms. The zero-order chi connectivity index (χ0) is 7.98. The van der Waals surface area contributed by atoms with Gasteiger partial charge in [-0.1, -0.05) is 20.3 Å². The second-order valence-corrected chi connectivity index (χ2v) is 3.13. The number of alkyl halides is 1. The Balaban J connectivity index is 3.31. The largest absolute Gasteiger partial charge is 0.233 e. The van der Waals surface area contributed by atoms with Crippen LogP contribution < -0.4 is 0 Å². The van der Waals surface area contributed by atoms with E-state index in [9.17, 15) is 5.11 Å². The Labute approximate surface area is 68.4 Å². The van der Waals surface area contributed by atoms with E-state index in [0.29, 0.717) is 11.8 Å². The average Bonchev–Trinajstić information content (AvgIpc) is 1.98. The molecule has 0 N–H and O–H groups in total. The maximum atomic E-state index is 11.2. The molecule has 0 aliphatic carbocycles. The maximum absolute atomic E-state index is 11.2. The van der Waals surface area contributed by atoms with Crippen LogP contribution in [-0.4, -0.2) is 12.0 Å². The summed E-state index contributed by atoms with van der Waals surface area (Å²) in [4.78, 5) is 0. The van der Waals surface area contributed by atoms with Crippen LogP contribution in [0.15, 0.2) is 0 Å². The predicted molar refractivity (Wildman–Crippen MR) is 43.9 cm³/mol. The Hall–Kier alpha value is 0.250. The van der Waals surface area contributed by atoms with Gasteiger partial charge in [0.05, 0.1) is 6.10 Å². The summed E-state index contributed by atoms with van der Waals surface area (Å²) in [6.07, 6.45) is 2.18. The number of hydrogen-bond acceptors (Lipinski definition) is 0. The van der Waals surface area contributed by atoms with Gasteiger partial charge in [0.15, 0.2) is 0 Å². The highest BCUT2D eigenvalue weighted by atomic mass is 35.5. The molecule has 0 saturated carbocycles. The molecule has 0 aliphatic rings. The van der Waals surface area contributed by atoms with Gasteiger partial charge < -0.3 is 0 Å². The second-order valence-electron chi connectivity index (χ2n) is 2.76. The lowest BCUT2D eigenvalue weighted by Crippen LogP contribution is -2.14. The minimum absolute atomic E-state index is 0.309. The Kier molecular flexibility index (Phi) is 6.14. The van der Waals surface area contributed by atoms with Gasteiger partial charge in [-0.25, -0.2) is 5.11 Å². The molecular formula is C8H16ClO. The molecule has 0 aromatic carbocycles. The molecule has 0 aromatic rings. The molecule has 2 heteroatoms. The summed E-state index contributed by atoms with van der Waals surface area (Å²) in [6.45, 7) is 4.06. The molecule has 10 heavy (non-hydrogen) atoms. The van der Waals surface area contributed by atoms with Crippen molar-refractivity contribution >= 4 is 11.6 Å². The summed E-state index contributed by atoms with van der Waals surface area (Å²) < 4.78 is 0. The number of hydrogen-bond donors (Lipinski definition) is 0. The van der Waals surface area contributed by atoms with Gasteiger partial charge >= 0.3 is 0 Å². The van der Waals surface area contributed by atoms with E-state index in [-0.39, 0.29) is 0 Å². The van der Waals surface area contributed by atoms with Crippen LogP contribution >= 0.6 is 11.6 Å². The quantitative estimate of drug-likeness (QED) is 0.556. The van der Waals surface area contributed by atoms with Crippen molar-refractivity contribution in [1.82, 2.24) is 0 Å². The van der Waals surface area contributed by atoms with E-state index in [1.165, 1.54) is 0 Å². The molecule has 0 aromatic heterocycles. The molecule has 0 rings (SSSR count). The Bertz CT molecular complexity index is 75.7. The second kappa shape index (κ2) is 5.99. The molecule has 0 fully saturated rings. The molecule has 1 nitrogen and oxygen atoms in total. The van der Waals surface area contributed by atoms with E-state index in [2.05, 4.69) is 6.92 Å². The third-order valence-electron chi connectivity index (χ3n) is 1.90. The summed E-state index contributed by atoms with van der Waals surface area (Å²) in [5, 5.41) is 11.2. The van der Waals surface area contributed by atoms with E-state index in [4.69, 9.17) is 11.6 Å². The minimum atomic E-state index is -0.399. The van der Waals surface area contributed by atoms with E-state index in [1.807, 2.05) is 6.92 Å². The highest BCUT2D eigenvalue weighted by Gasteiger charge is 2.12. The Morgan fingerprint density at radius 2 is 2.10 bits per heavy atom. The Morgan fingerprint density at radius 3 is 2.50 bits per heavy atom. The van der Waals surface area contributed by atoms with Crippen LogP contribution in [0.4, 0.5) is 0 Å². The van der Waals surface area contributed by atoms with Crippen molar-refractivity contribution in [3.05, 3.63) is 0 Å². The zero-order valence-electron chi connectivity index (χ0n) is 6.77. The highest BCUT2D eigenvalue weighted by molar-refractivity contribution is 6.17. The van der Waals surface area contributed by atoms with Crippen molar-refractivity contribution in [3.63, 3.8) is 0 Å². The summed E-state index contributed by atoms with van der Waals surface area (Å²) in [6, 6.07) is 0. The lowest BCUT2D eigenvalue weighted by molar-refractivity contribution is 0.0345. The monoisotopic (exact) mass is 163 g/mol. The third-order valence-corrected chi connectivity index (χ3v) is 2.17. The fraction of sp³-hybridized carbons (Fsp3) is 1.00. The van der Waals surface area contributed by atoms with Crippen LogP contribution in [0.1, 0.15) is 33.1 Å². The van der Waals surface area contributed by atoms with Crippen molar-refractivity contribution in [2.45, 2.75) is 39.2 Å². The van der Waals surface area contributed by atoms with Crippen molar-refractivity contribution < 1.29 is 5.11 Å². The van der Waals surface area contributed by atoms with E-state index >= 15 is 0 Å². The van der Waals surface area contributed by atoms with E-state index in [0.717, 1.165) is 19.3 Å². The van der Waals surface area contributed by atoms with Crippen LogP contribution in [-0.2, 0) is 5.11 Å². The minimum Gasteiger partial charge on any atom is -0.233 e. The van der Waals surface area contributed by atoms with Crippen LogP contribution in [0.2, 0.25) is 0 Å². The van der Waals surface area contributed by atoms with Crippen LogP contribution in [0, 0.1) is 5.92 Å². The average molecular weight is 164 g/mol. The van der Waals surface area contributed by atoms with Crippen molar-refractivity contribution in [3.8, 4) is 0 Å². The Morgan fingerprint density at radius 1 is 1.50 bits per heavy atom. The number of halogens is 1. The van der Waals surface area contributed by atoms with E-state index < -0.39 is 6.10 Å².